The predicted molar refractivity (Wildman–Crippen MR) is 174 cm³/mol. The summed E-state index contributed by atoms with van der Waals surface area (Å²) < 4.78 is 40.3. The number of halogens is 2. The number of anilines is 1. The molecular formula is C31H33F2N4O6PS2. The first-order chi connectivity index (χ1) is 21.5. The van der Waals surface area contributed by atoms with Gasteiger partial charge in [0.05, 0.1) is 9.75 Å². The van der Waals surface area contributed by atoms with Crippen LogP contribution in [0.25, 0.3) is 20.5 Å². The number of fused-ring (bicyclic) bond motifs is 1. The van der Waals surface area contributed by atoms with Crippen LogP contribution < -0.4 is 10.6 Å². The number of hydrogen-bond acceptors (Lipinski definition) is 7. The van der Waals surface area contributed by atoms with Gasteiger partial charge in [-0.25, -0.2) is 4.98 Å². The number of amides is 3. The van der Waals surface area contributed by atoms with Gasteiger partial charge >= 0.3 is 13.3 Å². The first kappa shape index (κ1) is 33.8. The number of rotatable bonds is 8. The summed E-state index contributed by atoms with van der Waals surface area (Å²) in [5.74, 6) is -1.42. The average molecular weight is 691 g/mol. The Balaban J connectivity index is 1.32. The van der Waals surface area contributed by atoms with Crippen LogP contribution >= 0.6 is 30.3 Å². The van der Waals surface area contributed by atoms with E-state index in [1.807, 2.05) is 31.2 Å². The number of alkyl halides is 2. The Morgan fingerprint density at radius 1 is 1.09 bits per heavy atom. The summed E-state index contributed by atoms with van der Waals surface area (Å²) in [5, 5.41) is 6.24. The van der Waals surface area contributed by atoms with Crippen molar-refractivity contribution in [1.82, 2.24) is 15.2 Å². The first-order valence-electron chi connectivity index (χ1n) is 14.4. The van der Waals surface area contributed by atoms with Crippen LogP contribution in [-0.4, -0.2) is 56.0 Å². The van der Waals surface area contributed by atoms with Gasteiger partial charge in [0.2, 0.25) is 11.8 Å². The Labute approximate surface area is 272 Å². The van der Waals surface area contributed by atoms with Gasteiger partial charge in [-0.1, -0.05) is 62.4 Å². The molecule has 0 bridgehead atoms. The second-order valence-corrected chi connectivity index (χ2v) is 16.0. The molecule has 0 aliphatic carbocycles. The summed E-state index contributed by atoms with van der Waals surface area (Å²) >= 11 is 2.33. The summed E-state index contributed by atoms with van der Waals surface area (Å²) in [7, 11) is -5.77. The lowest BCUT2D eigenvalue weighted by atomic mass is 9.85. The van der Waals surface area contributed by atoms with E-state index >= 15 is 0 Å². The zero-order chi connectivity index (χ0) is 33.6. The highest BCUT2D eigenvalue weighted by atomic mass is 32.1. The van der Waals surface area contributed by atoms with E-state index in [1.165, 1.54) is 28.4 Å². The summed E-state index contributed by atoms with van der Waals surface area (Å²) in [6, 6.07) is 10.5. The molecule has 2 atom stereocenters. The van der Waals surface area contributed by atoms with E-state index in [4.69, 9.17) is 9.79 Å². The molecule has 46 heavy (non-hydrogen) atoms. The van der Waals surface area contributed by atoms with E-state index in [-0.39, 0.29) is 16.2 Å². The minimum absolute atomic E-state index is 0.123. The van der Waals surface area contributed by atoms with E-state index in [9.17, 15) is 27.7 Å². The third-order valence-electron chi connectivity index (χ3n) is 7.83. The zero-order valence-corrected chi connectivity index (χ0v) is 27.9. The van der Waals surface area contributed by atoms with Gasteiger partial charge in [0.15, 0.2) is 5.13 Å². The Morgan fingerprint density at radius 3 is 2.48 bits per heavy atom. The fourth-order valence-electron chi connectivity index (χ4n) is 5.32. The highest BCUT2D eigenvalue weighted by Gasteiger charge is 2.50. The second-order valence-electron chi connectivity index (χ2n) is 12.2. The molecule has 1 aliphatic heterocycles. The van der Waals surface area contributed by atoms with Gasteiger partial charge in [-0.3, -0.25) is 18.9 Å². The normalized spacial score (nSPS) is 16.4. The van der Waals surface area contributed by atoms with Gasteiger partial charge in [-0.15, -0.1) is 11.3 Å². The fourth-order valence-corrected chi connectivity index (χ4v) is 7.66. The summed E-state index contributed by atoms with van der Waals surface area (Å²) in [6.07, 6.45) is 2.73. The van der Waals surface area contributed by atoms with Gasteiger partial charge in [0.25, 0.3) is 5.91 Å². The van der Waals surface area contributed by atoms with Crippen molar-refractivity contribution >= 4 is 63.2 Å². The topological polar surface area (TPSA) is 149 Å². The van der Waals surface area contributed by atoms with E-state index in [1.54, 1.807) is 27.0 Å². The third kappa shape index (κ3) is 6.77. The lowest BCUT2D eigenvalue weighted by Crippen LogP contribution is -2.57. The first-order valence-corrected chi connectivity index (χ1v) is 17.6. The minimum Gasteiger partial charge on any atom is -0.339 e. The van der Waals surface area contributed by atoms with E-state index in [0.29, 0.717) is 29.2 Å². The van der Waals surface area contributed by atoms with Crippen molar-refractivity contribution in [2.24, 2.45) is 5.41 Å². The van der Waals surface area contributed by atoms with Crippen LogP contribution in [0.4, 0.5) is 13.9 Å². The molecule has 4 N–H and O–H groups in total. The molecule has 10 nitrogen and oxygen atoms in total. The highest BCUT2D eigenvalue weighted by molar-refractivity contribution is 7.52. The third-order valence-corrected chi connectivity index (χ3v) is 10.9. The van der Waals surface area contributed by atoms with Crippen LogP contribution in [0, 0.1) is 12.3 Å². The van der Waals surface area contributed by atoms with Crippen LogP contribution in [0.15, 0.2) is 54.7 Å². The lowest BCUT2D eigenvalue weighted by Gasteiger charge is -2.35. The summed E-state index contributed by atoms with van der Waals surface area (Å²) in [5.41, 5.74) is -3.93. The Morgan fingerprint density at radius 2 is 1.80 bits per heavy atom. The minimum atomic E-state index is -5.77. The van der Waals surface area contributed by atoms with Crippen LogP contribution in [0.2, 0.25) is 0 Å². The maximum atomic E-state index is 14.3. The maximum Gasteiger partial charge on any atom is 0.399 e. The monoisotopic (exact) mass is 690 g/mol. The fraction of sp³-hybridized carbons (Fsp3) is 0.355. The number of thiophene rings is 1. The molecule has 3 heterocycles. The van der Waals surface area contributed by atoms with Crippen LogP contribution in [-0.2, 0) is 19.8 Å². The van der Waals surface area contributed by atoms with Gasteiger partial charge in [-0.2, -0.15) is 8.78 Å². The summed E-state index contributed by atoms with van der Waals surface area (Å²) in [4.78, 5) is 65.8. The standard InChI is InChI=1S/C31H33F2N4O6PS2/c1-17-8-5-6-9-20(17)24-16-34-29(46-24)36-26(38)21-10-7-13-37(21)28(40)25(30(2,3)4)35-27(39)23-15-18-14-19(11-12-22(18)45-23)31(32,33)44(41,42)43/h5-6,8-9,11-12,14-16,21,25H,7,10,13H2,1-4H3,(H,35,39)(H,34,36,38)(H2,41,42,43). The number of carbonyl (C=O) groups excluding carboxylic acids is 3. The molecule has 1 aliphatic rings. The quantitative estimate of drug-likeness (QED) is 0.158. The van der Waals surface area contributed by atoms with Gasteiger partial charge in [0, 0.05) is 23.0 Å². The van der Waals surface area contributed by atoms with Crippen molar-refractivity contribution in [1.29, 1.82) is 0 Å². The molecule has 0 saturated carbocycles. The van der Waals surface area contributed by atoms with Crippen LogP contribution in [0.1, 0.15) is 54.4 Å². The number of nitrogens with one attached hydrogen (secondary N) is 2. The number of benzene rings is 2. The van der Waals surface area contributed by atoms with Crippen molar-refractivity contribution in [2.75, 3.05) is 11.9 Å². The molecule has 244 valence electrons. The van der Waals surface area contributed by atoms with Gasteiger partial charge in [0.1, 0.15) is 12.1 Å². The molecule has 4 aromatic rings. The molecule has 15 heteroatoms. The predicted octanol–water partition coefficient (Wildman–Crippen LogP) is 6.33. The van der Waals surface area contributed by atoms with Crippen LogP contribution in [0.5, 0.6) is 0 Å². The Kier molecular flexibility index (Phi) is 9.24. The number of nitrogens with zero attached hydrogens (tertiary/aromatic N) is 2. The average Bonchev–Trinajstić information content (AvgIpc) is 3.74. The molecular weight excluding hydrogens is 657 g/mol. The van der Waals surface area contributed by atoms with Gasteiger partial charge in [-0.05, 0) is 59.9 Å². The Bertz CT molecular complexity index is 1860. The molecule has 0 spiro atoms. The van der Waals surface area contributed by atoms with E-state index in [0.717, 1.165) is 39.5 Å². The number of aromatic nitrogens is 1. The molecule has 5 rings (SSSR count). The second kappa shape index (κ2) is 12.6. The maximum absolute atomic E-state index is 14.3. The molecule has 2 aromatic heterocycles. The van der Waals surface area contributed by atoms with E-state index < -0.39 is 48.1 Å². The van der Waals surface area contributed by atoms with Gasteiger partial charge < -0.3 is 25.3 Å². The molecule has 0 radical (unpaired) electrons. The molecule has 3 amide bonds. The molecule has 2 unspecified atom stereocenters. The number of thiazole rings is 1. The van der Waals surface area contributed by atoms with Crippen molar-refractivity contribution in [3.8, 4) is 10.4 Å². The molecule has 1 fully saturated rings. The van der Waals surface area contributed by atoms with Crippen molar-refractivity contribution in [2.45, 2.75) is 58.3 Å². The number of carbonyl (C=O) groups is 3. The van der Waals surface area contributed by atoms with Crippen LogP contribution in [0.3, 0.4) is 0 Å². The van der Waals surface area contributed by atoms with E-state index in [2.05, 4.69) is 15.6 Å². The Hall–Kier alpha value is -3.55. The zero-order valence-electron chi connectivity index (χ0n) is 25.4. The summed E-state index contributed by atoms with van der Waals surface area (Å²) in [6.45, 7) is 7.67. The smallest absolute Gasteiger partial charge is 0.339 e. The largest absolute Gasteiger partial charge is 0.399 e. The lowest BCUT2D eigenvalue weighted by molar-refractivity contribution is -0.140. The van der Waals surface area contributed by atoms with Crippen molar-refractivity contribution in [3.63, 3.8) is 0 Å². The molecule has 2 aromatic carbocycles. The highest BCUT2D eigenvalue weighted by Crippen LogP contribution is 2.59. The number of likely N-dealkylation sites (tertiary alicyclic amines) is 1. The number of hydrogen-bond donors (Lipinski definition) is 4. The molecule has 1 saturated heterocycles. The van der Waals surface area contributed by atoms with Crippen molar-refractivity contribution in [3.05, 3.63) is 70.7 Å². The SMILES string of the molecule is Cc1ccccc1-c1cnc(NC(=O)C2CCCN2C(=O)C(NC(=O)c2cc3cc(C(F)(F)P(=O)(O)O)ccc3s2)C(C)(C)C)s1. The van der Waals surface area contributed by atoms with Crippen molar-refractivity contribution < 1.29 is 37.5 Å². The number of aryl methyl sites for hydroxylation is 1.